The zero-order valence-electron chi connectivity index (χ0n) is 12.7. The molecule has 0 saturated heterocycles. The van der Waals surface area contributed by atoms with Crippen molar-refractivity contribution in [2.45, 2.75) is 91.1 Å². The maximum Gasteiger partial charge on any atom is 0.223 e. The summed E-state index contributed by atoms with van der Waals surface area (Å²) in [6, 6.07) is 0.652. The summed E-state index contributed by atoms with van der Waals surface area (Å²) in [6.45, 7) is 8.44. The van der Waals surface area contributed by atoms with Crippen molar-refractivity contribution in [1.82, 2.24) is 4.90 Å². The van der Waals surface area contributed by atoms with Crippen LogP contribution in [0.3, 0.4) is 0 Å². The highest BCUT2D eigenvalue weighted by Gasteiger charge is 2.20. The van der Waals surface area contributed by atoms with Gasteiger partial charge in [-0.3, -0.25) is 4.79 Å². The molecule has 0 aliphatic heterocycles. The van der Waals surface area contributed by atoms with Crippen molar-refractivity contribution in [1.29, 1.82) is 0 Å². The second kappa shape index (κ2) is 7.81. The van der Waals surface area contributed by atoms with Crippen LogP contribution in [0.15, 0.2) is 0 Å². The second-order valence-electron chi connectivity index (χ2n) is 6.38. The van der Waals surface area contributed by atoms with E-state index in [1.807, 2.05) is 4.90 Å². The molecule has 2 nitrogen and oxygen atoms in total. The lowest BCUT2D eigenvalue weighted by atomic mass is 9.86. The molecule has 106 valence electrons. The fraction of sp³-hybridized carbons (Fsp3) is 0.938. The normalized spacial score (nSPS) is 17.4. The standard InChI is InChI=1S/C16H31NO/c1-13(2)17(14(3)4)16(18)12-8-11-15-9-6-5-7-10-15/h13-15H,5-12H2,1-4H3. The Hall–Kier alpha value is -0.530. The number of carbonyl (C=O) groups is 1. The quantitative estimate of drug-likeness (QED) is 0.688. The highest BCUT2D eigenvalue weighted by molar-refractivity contribution is 5.76. The van der Waals surface area contributed by atoms with E-state index < -0.39 is 0 Å². The lowest BCUT2D eigenvalue weighted by molar-refractivity contribution is -0.134. The minimum Gasteiger partial charge on any atom is -0.338 e. The summed E-state index contributed by atoms with van der Waals surface area (Å²) in [5.74, 6) is 1.24. The molecule has 0 unspecified atom stereocenters. The van der Waals surface area contributed by atoms with Crippen molar-refractivity contribution in [2.24, 2.45) is 5.92 Å². The maximum atomic E-state index is 12.2. The van der Waals surface area contributed by atoms with Crippen LogP contribution in [0, 0.1) is 5.92 Å². The van der Waals surface area contributed by atoms with Crippen molar-refractivity contribution in [2.75, 3.05) is 0 Å². The summed E-state index contributed by atoms with van der Waals surface area (Å²) in [7, 11) is 0. The van der Waals surface area contributed by atoms with Gasteiger partial charge in [-0.25, -0.2) is 0 Å². The van der Waals surface area contributed by atoms with Crippen LogP contribution in [-0.4, -0.2) is 22.9 Å². The van der Waals surface area contributed by atoms with Gasteiger partial charge in [0.25, 0.3) is 0 Å². The van der Waals surface area contributed by atoms with Crippen LogP contribution < -0.4 is 0 Å². The summed E-state index contributed by atoms with van der Waals surface area (Å²) in [5.41, 5.74) is 0. The van der Waals surface area contributed by atoms with Gasteiger partial charge >= 0.3 is 0 Å². The Kier molecular flexibility index (Phi) is 6.73. The van der Waals surface area contributed by atoms with Crippen LogP contribution in [-0.2, 0) is 4.79 Å². The molecule has 0 aromatic carbocycles. The third-order valence-corrected chi connectivity index (χ3v) is 4.13. The molecule has 0 spiro atoms. The van der Waals surface area contributed by atoms with E-state index in [2.05, 4.69) is 27.7 Å². The SMILES string of the molecule is CC(C)N(C(=O)CCCC1CCCCC1)C(C)C. The fourth-order valence-corrected chi connectivity index (χ4v) is 3.32. The topological polar surface area (TPSA) is 20.3 Å². The van der Waals surface area contributed by atoms with Gasteiger partial charge in [0.15, 0.2) is 0 Å². The van der Waals surface area contributed by atoms with Gasteiger partial charge in [-0.05, 0) is 46.5 Å². The van der Waals surface area contributed by atoms with Crippen molar-refractivity contribution < 1.29 is 4.79 Å². The Morgan fingerprint density at radius 1 is 1.06 bits per heavy atom. The van der Waals surface area contributed by atoms with E-state index >= 15 is 0 Å². The molecule has 18 heavy (non-hydrogen) atoms. The second-order valence-corrected chi connectivity index (χ2v) is 6.38. The Labute approximate surface area is 113 Å². The van der Waals surface area contributed by atoms with Gasteiger partial charge in [0.2, 0.25) is 5.91 Å². The molecule has 1 amide bonds. The highest BCUT2D eigenvalue weighted by atomic mass is 16.2. The molecule has 0 aromatic rings. The molecule has 1 fully saturated rings. The van der Waals surface area contributed by atoms with Crippen LogP contribution in [0.25, 0.3) is 0 Å². The molecule has 1 saturated carbocycles. The molecule has 1 aliphatic carbocycles. The van der Waals surface area contributed by atoms with Gasteiger partial charge in [-0.2, -0.15) is 0 Å². The zero-order valence-corrected chi connectivity index (χ0v) is 12.7. The molecule has 0 aromatic heterocycles. The summed E-state index contributed by atoms with van der Waals surface area (Å²) >= 11 is 0. The molecule has 0 atom stereocenters. The Morgan fingerprint density at radius 3 is 2.11 bits per heavy atom. The third-order valence-electron chi connectivity index (χ3n) is 4.13. The van der Waals surface area contributed by atoms with Crippen LogP contribution in [0.5, 0.6) is 0 Å². The first-order valence-corrected chi connectivity index (χ1v) is 7.83. The number of hydrogen-bond donors (Lipinski definition) is 0. The van der Waals surface area contributed by atoms with Crippen molar-refractivity contribution in [3.8, 4) is 0 Å². The predicted octanol–water partition coefficient (Wildman–Crippen LogP) is 4.38. The van der Waals surface area contributed by atoms with Gasteiger partial charge in [0.1, 0.15) is 0 Å². The highest BCUT2D eigenvalue weighted by Crippen LogP contribution is 2.27. The van der Waals surface area contributed by atoms with E-state index in [-0.39, 0.29) is 0 Å². The summed E-state index contributed by atoms with van der Waals surface area (Å²) in [4.78, 5) is 14.2. The monoisotopic (exact) mass is 253 g/mol. The number of hydrogen-bond acceptors (Lipinski definition) is 1. The Bertz CT molecular complexity index is 233. The van der Waals surface area contributed by atoms with Gasteiger partial charge in [-0.15, -0.1) is 0 Å². The van der Waals surface area contributed by atoms with Gasteiger partial charge in [0.05, 0.1) is 0 Å². The summed E-state index contributed by atoms with van der Waals surface area (Å²) in [5, 5.41) is 0. The molecular weight excluding hydrogens is 222 g/mol. The van der Waals surface area contributed by atoms with E-state index in [0.717, 1.165) is 18.8 Å². The smallest absolute Gasteiger partial charge is 0.223 e. The first-order chi connectivity index (χ1) is 8.52. The van der Waals surface area contributed by atoms with Crippen molar-refractivity contribution in [3.05, 3.63) is 0 Å². The van der Waals surface area contributed by atoms with Crippen LogP contribution in [0.4, 0.5) is 0 Å². The number of carbonyl (C=O) groups excluding carboxylic acids is 1. The van der Waals surface area contributed by atoms with E-state index in [0.29, 0.717) is 18.0 Å². The third kappa shape index (κ3) is 4.99. The first-order valence-electron chi connectivity index (χ1n) is 7.83. The fourth-order valence-electron chi connectivity index (χ4n) is 3.32. The molecule has 0 radical (unpaired) electrons. The minimum absolute atomic E-state index is 0.326. The molecule has 0 bridgehead atoms. The molecule has 1 rings (SSSR count). The van der Waals surface area contributed by atoms with E-state index in [1.165, 1.54) is 38.5 Å². The molecular formula is C16H31NO. The average molecular weight is 253 g/mol. The van der Waals surface area contributed by atoms with E-state index in [1.54, 1.807) is 0 Å². The average Bonchev–Trinajstić information content (AvgIpc) is 2.29. The lowest BCUT2D eigenvalue weighted by Gasteiger charge is -2.31. The van der Waals surface area contributed by atoms with Crippen LogP contribution in [0.1, 0.15) is 79.1 Å². The Balaban J connectivity index is 2.26. The van der Waals surface area contributed by atoms with Crippen molar-refractivity contribution in [3.63, 3.8) is 0 Å². The Morgan fingerprint density at radius 2 is 1.61 bits per heavy atom. The summed E-state index contributed by atoms with van der Waals surface area (Å²) < 4.78 is 0. The predicted molar refractivity (Wildman–Crippen MR) is 77.5 cm³/mol. The number of nitrogens with zero attached hydrogens (tertiary/aromatic N) is 1. The molecule has 2 heteroatoms. The lowest BCUT2D eigenvalue weighted by Crippen LogP contribution is -2.41. The number of amides is 1. The first kappa shape index (κ1) is 15.5. The zero-order chi connectivity index (χ0) is 13.5. The summed E-state index contributed by atoms with van der Waals surface area (Å²) in [6.07, 6.45) is 10.1. The van der Waals surface area contributed by atoms with Crippen LogP contribution in [0.2, 0.25) is 0 Å². The van der Waals surface area contributed by atoms with Crippen LogP contribution >= 0.6 is 0 Å². The molecule has 1 aliphatic rings. The van der Waals surface area contributed by atoms with E-state index in [9.17, 15) is 4.79 Å². The van der Waals surface area contributed by atoms with Crippen molar-refractivity contribution >= 4 is 5.91 Å². The van der Waals surface area contributed by atoms with Gasteiger partial charge < -0.3 is 4.90 Å². The number of rotatable bonds is 6. The molecule has 0 heterocycles. The largest absolute Gasteiger partial charge is 0.338 e. The maximum absolute atomic E-state index is 12.2. The van der Waals surface area contributed by atoms with Gasteiger partial charge in [0, 0.05) is 18.5 Å². The van der Waals surface area contributed by atoms with Gasteiger partial charge in [-0.1, -0.05) is 32.1 Å². The minimum atomic E-state index is 0.326. The van der Waals surface area contributed by atoms with E-state index in [4.69, 9.17) is 0 Å². The molecule has 0 N–H and O–H groups in total.